The Hall–Kier alpha value is -0.420. The molecule has 70 valence electrons. The lowest BCUT2D eigenvalue weighted by Crippen LogP contribution is -2.10. The molecule has 0 aromatic heterocycles. The van der Waals surface area contributed by atoms with E-state index in [-0.39, 0.29) is 11.9 Å². The van der Waals surface area contributed by atoms with Crippen LogP contribution in [0.4, 0.5) is 4.39 Å². The summed E-state index contributed by atoms with van der Waals surface area (Å²) in [7, 11) is 0. The predicted molar refractivity (Wildman–Crippen MR) is 60.9 cm³/mol. The molecule has 1 atom stereocenters. The molecule has 0 heterocycles. The molecule has 0 radical (unpaired) electrons. The van der Waals surface area contributed by atoms with Gasteiger partial charge >= 0.3 is 0 Å². The van der Waals surface area contributed by atoms with Crippen LogP contribution in [0.5, 0.6) is 0 Å². The topological polar surface area (TPSA) is 26.0 Å². The standard InChI is InChI=1S/C10H11FIN/c1-2-3-10(13)8-5-4-7(11)6-9(8)12/h2,4-6,10H,1,3,13H2. The van der Waals surface area contributed by atoms with Crippen LogP contribution in [0.15, 0.2) is 30.9 Å². The molecule has 1 aromatic carbocycles. The number of halogens is 2. The van der Waals surface area contributed by atoms with Crippen molar-refractivity contribution in [2.24, 2.45) is 5.73 Å². The van der Waals surface area contributed by atoms with Gasteiger partial charge in [0.15, 0.2) is 0 Å². The van der Waals surface area contributed by atoms with Gasteiger partial charge in [-0.15, -0.1) is 6.58 Å². The van der Waals surface area contributed by atoms with Gasteiger partial charge in [0.05, 0.1) is 0 Å². The van der Waals surface area contributed by atoms with E-state index in [0.29, 0.717) is 6.42 Å². The van der Waals surface area contributed by atoms with Gasteiger partial charge in [-0.25, -0.2) is 4.39 Å². The summed E-state index contributed by atoms with van der Waals surface area (Å²) in [6.07, 6.45) is 2.48. The second-order valence-corrected chi connectivity index (χ2v) is 3.96. The minimum Gasteiger partial charge on any atom is -0.324 e. The number of hydrogen-bond acceptors (Lipinski definition) is 1. The summed E-state index contributed by atoms with van der Waals surface area (Å²) >= 11 is 2.09. The molecule has 13 heavy (non-hydrogen) atoms. The predicted octanol–water partition coefficient (Wildman–Crippen LogP) is 3.01. The van der Waals surface area contributed by atoms with Gasteiger partial charge < -0.3 is 5.73 Å². The fraction of sp³-hybridized carbons (Fsp3) is 0.200. The molecular formula is C10H11FIN. The zero-order chi connectivity index (χ0) is 9.84. The first kappa shape index (κ1) is 10.7. The van der Waals surface area contributed by atoms with Crippen molar-refractivity contribution in [2.75, 3.05) is 0 Å². The van der Waals surface area contributed by atoms with Crippen LogP contribution in [0.2, 0.25) is 0 Å². The van der Waals surface area contributed by atoms with E-state index in [9.17, 15) is 4.39 Å². The summed E-state index contributed by atoms with van der Waals surface area (Å²) in [5.41, 5.74) is 6.83. The first-order chi connectivity index (χ1) is 6.15. The molecule has 0 fully saturated rings. The largest absolute Gasteiger partial charge is 0.324 e. The van der Waals surface area contributed by atoms with E-state index >= 15 is 0 Å². The molecule has 1 unspecified atom stereocenters. The molecule has 3 heteroatoms. The summed E-state index contributed by atoms with van der Waals surface area (Å²) in [5.74, 6) is -0.223. The summed E-state index contributed by atoms with van der Waals surface area (Å²) in [5, 5.41) is 0. The first-order valence-electron chi connectivity index (χ1n) is 3.96. The Bertz CT molecular complexity index is 312. The highest BCUT2D eigenvalue weighted by Gasteiger charge is 2.08. The molecule has 1 aromatic rings. The third-order valence-corrected chi connectivity index (χ3v) is 2.72. The van der Waals surface area contributed by atoms with Gasteiger partial charge in [-0.05, 0) is 46.7 Å². The van der Waals surface area contributed by atoms with E-state index in [2.05, 4.69) is 29.2 Å². The number of hydrogen-bond donors (Lipinski definition) is 1. The van der Waals surface area contributed by atoms with Crippen molar-refractivity contribution in [2.45, 2.75) is 12.5 Å². The van der Waals surface area contributed by atoms with E-state index in [1.165, 1.54) is 12.1 Å². The van der Waals surface area contributed by atoms with Crippen LogP contribution in [0, 0.1) is 9.39 Å². The lowest BCUT2D eigenvalue weighted by atomic mass is 10.1. The number of rotatable bonds is 3. The molecule has 0 saturated carbocycles. The van der Waals surface area contributed by atoms with Crippen LogP contribution in [0.25, 0.3) is 0 Å². The highest BCUT2D eigenvalue weighted by atomic mass is 127. The van der Waals surface area contributed by atoms with Crippen molar-refractivity contribution in [3.05, 3.63) is 45.8 Å². The van der Waals surface area contributed by atoms with E-state index in [1.807, 2.05) is 0 Å². The minimum atomic E-state index is -0.223. The molecule has 1 nitrogen and oxygen atoms in total. The third kappa shape index (κ3) is 2.77. The lowest BCUT2D eigenvalue weighted by molar-refractivity contribution is 0.623. The number of nitrogens with two attached hydrogens (primary N) is 1. The van der Waals surface area contributed by atoms with Crippen LogP contribution in [-0.4, -0.2) is 0 Å². The maximum Gasteiger partial charge on any atom is 0.124 e. The Morgan fingerprint density at radius 3 is 2.85 bits per heavy atom. The van der Waals surface area contributed by atoms with Crippen molar-refractivity contribution >= 4 is 22.6 Å². The van der Waals surface area contributed by atoms with Crippen LogP contribution < -0.4 is 5.73 Å². The first-order valence-corrected chi connectivity index (χ1v) is 5.04. The quantitative estimate of drug-likeness (QED) is 0.672. The van der Waals surface area contributed by atoms with Crippen LogP contribution >= 0.6 is 22.6 Å². The van der Waals surface area contributed by atoms with Gasteiger partial charge in [-0.2, -0.15) is 0 Å². The van der Waals surface area contributed by atoms with E-state index in [4.69, 9.17) is 5.73 Å². The van der Waals surface area contributed by atoms with Crippen molar-refractivity contribution in [1.29, 1.82) is 0 Å². The Morgan fingerprint density at radius 2 is 2.31 bits per heavy atom. The fourth-order valence-corrected chi connectivity index (χ4v) is 1.99. The summed E-state index contributed by atoms with van der Waals surface area (Å²) in [6.45, 7) is 3.62. The Balaban J connectivity index is 2.94. The van der Waals surface area contributed by atoms with Crippen LogP contribution in [0.1, 0.15) is 18.0 Å². The van der Waals surface area contributed by atoms with Gasteiger partial charge in [0.1, 0.15) is 5.82 Å². The molecule has 1 rings (SSSR count). The van der Waals surface area contributed by atoms with Crippen molar-refractivity contribution in [3.8, 4) is 0 Å². The van der Waals surface area contributed by atoms with Gasteiger partial charge in [-0.3, -0.25) is 0 Å². The molecule has 0 spiro atoms. The average Bonchev–Trinajstić information content (AvgIpc) is 2.04. The smallest absolute Gasteiger partial charge is 0.124 e. The molecule has 0 aliphatic heterocycles. The van der Waals surface area contributed by atoms with Gasteiger partial charge in [0.2, 0.25) is 0 Å². The van der Waals surface area contributed by atoms with Crippen molar-refractivity contribution in [3.63, 3.8) is 0 Å². The normalized spacial score (nSPS) is 12.5. The molecule has 0 aliphatic rings. The third-order valence-electron chi connectivity index (χ3n) is 1.78. The maximum absolute atomic E-state index is 12.7. The minimum absolute atomic E-state index is 0.0787. The zero-order valence-corrected chi connectivity index (χ0v) is 9.29. The fourth-order valence-electron chi connectivity index (χ4n) is 1.11. The SMILES string of the molecule is C=CCC(N)c1ccc(F)cc1I. The molecule has 0 bridgehead atoms. The van der Waals surface area contributed by atoms with Crippen molar-refractivity contribution < 1.29 is 4.39 Å². The van der Waals surface area contributed by atoms with Gasteiger partial charge in [0.25, 0.3) is 0 Å². The second-order valence-electron chi connectivity index (χ2n) is 2.80. The molecule has 2 N–H and O–H groups in total. The monoisotopic (exact) mass is 291 g/mol. The van der Waals surface area contributed by atoms with Crippen LogP contribution in [0.3, 0.4) is 0 Å². The van der Waals surface area contributed by atoms with Crippen molar-refractivity contribution in [1.82, 2.24) is 0 Å². The molecular weight excluding hydrogens is 280 g/mol. The summed E-state index contributed by atoms with van der Waals surface area (Å²) in [4.78, 5) is 0. The summed E-state index contributed by atoms with van der Waals surface area (Å²) < 4.78 is 13.6. The lowest BCUT2D eigenvalue weighted by Gasteiger charge is -2.11. The van der Waals surface area contributed by atoms with E-state index < -0.39 is 0 Å². The maximum atomic E-state index is 12.7. The summed E-state index contributed by atoms with van der Waals surface area (Å²) in [6, 6.07) is 4.56. The molecule has 0 amide bonds. The molecule has 0 saturated heterocycles. The Labute approximate surface area is 91.0 Å². The van der Waals surface area contributed by atoms with Gasteiger partial charge in [-0.1, -0.05) is 12.1 Å². The highest BCUT2D eigenvalue weighted by molar-refractivity contribution is 14.1. The van der Waals surface area contributed by atoms with Crippen LogP contribution in [-0.2, 0) is 0 Å². The average molecular weight is 291 g/mol. The Morgan fingerprint density at radius 1 is 1.62 bits per heavy atom. The van der Waals surface area contributed by atoms with Gasteiger partial charge in [0, 0.05) is 9.61 Å². The number of benzene rings is 1. The van der Waals surface area contributed by atoms with E-state index in [0.717, 1.165) is 9.13 Å². The molecule has 0 aliphatic carbocycles. The van der Waals surface area contributed by atoms with E-state index in [1.54, 1.807) is 12.1 Å². The second kappa shape index (κ2) is 4.72. The Kier molecular flexibility index (Phi) is 3.87. The zero-order valence-electron chi connectivity index (χ0n) is 7.13. The highest BCUT2D eigenvalue weighted by Crippen LogP contribution is 2.21.